The predicted octanol–water partition coefficient (Wildman–Crippen LogP) is 2.96. The molecule has 4 rings (SSSR count). The van der Waals surface area contributed by atoms with Crippen molar-refractivity contribution in [2.75, 3.05) is 5.32 Å². The molecular formula is C20H19N5O2S. The third kappa shape index (κ3) is 3.73. The van der Waals surface area contributed by atoms with E-state index in [1.807, 2.05) is 37.4 Å². The molecule has 0 atom stereocenters. The van der Waals surface area contributed by atoms with E-state index in [9.17, 15) is 8.42 Å². The van der Waals surface area contributed by atoms with Crippen molar-refractivity contribution < 1.29 is 8.42 Å². The fourth-order valence-corrected chi connectivity index (χ4v) is 3.39. The normalized spacial score (nSPS) is 11.6. The van der Waals surface area contributed by atoms with Gasteiger partial charge in [-0.05, 0) is 36.8 Å². The fraction of sp³-hybridized carbons (Fsp3) is 0.100. The Kier molecular flexibility index (Phi) is 4.58. The summed E-state index contributed by atoms with van der Waals surface area (Å²) in [4.78, 5) is 4.51. The number of aromatic nitrogens is 3. The largest absolute Gasteiger partial charge is 0.365 e. The van der Waals surface area contributed by atoms with E-state index in [1.165, 1.54) is 17.7 Å². The highest BCUT2D eigenvalue weighted by atomic mass is 32.2. The number of benzene rings is 2. The van der Waals surface area contributed by atoms with E-state index in [4.69, 9.17) is 5.14 Å². The van der Waals surface area contributed by atoms with Crippen LogP contribution in [0.4, 0.5) is 5.82 Å². The number of hydrogen-bond donors (Lipinski definition) is 2. The predicted molar refractivity (Wildman–Crippen MR) is 108 cm³/mol. The number of primary sulfonamides is 1. The van der Waals surface area contributed by atoms with Gasteiger partial charge < -0.3 is 5.32 Å². The van der Waals surface area contributed by atoms with Gasteiger partial charge in [0.1, 0.15) is 5.82 Å². The van der Waals surface area contributed by atoms with Crippen LogP contribution in [0.2, 0.25) is 0 Å². The summed E-state index contributed by atoms with van der Waals surface area (Å²) in [6, 6.07) is 18.4. The summed E-state index contributed by atoms with van der Waals surface area (Å²) >= 11 is 0. The van der Waals surface area contributed by atoms with Crippen molar-refractivity contribution in [3.63, 3.8) is 0 Å². The molecule has 0 aliphatic carbocycles. The fourth-order valence-electron chi connectivity index (χ4n) is 2.88. The molecule has 0 bridgehead atoms. The molecule has 0 spiro atoms. The van der Waals surface area contributed by atoms with E-state index >= 15 is 0 Å². The number of fused-ring (bicyclic) bond motifs is 1. The first-order valence-electron chi connectivity index (χ1n) is 8.67. The van der Waals surface area contributed by atoms with Crippen LogP contribution in [0.25, 0.3) is 16.9 Å². The van der Waals surface area contributed by atoms with Gasteiger partial charge in [-0.25, -0.2) is 23.1 Å². The minimum atomic E-state index is -3.68. The van der Waals surface area contributed by atoms with Gasteiger partial charge in [0.05, 0.1) is 16.8 Å². The van der Waals surface area contributed by atoms with Crippen LogP contribution < -0.4 is 10.5 Å². The lowest BCUT2D eigenvalue weighted by Gasteiger charge is -2.08. The van der Waals surface area contributed by atoms with Crippen LogP contribution in [0.5, 0.6) is 0 Å². The van der Waals surface area contributed by atoms with Crippen molar-refractivity contribution in [1.29, 1.82) is 0 Å². The Bertz CT molecular complexity index is 1230. The number of rotatable bonds is 5. The molecule has 0 unspecified atom stereocenters. The molecule has 28 heavy (non-hydrogen) atoms. The van der Waals surface area contributed by atoms with Gasteiger partial charge in [-0.3, -0.25) is 0 Å². The lowest BCUT2D eigenvalue weighted by Crippen LogP contribution is -2.12. The maximum atomic E-state index is 11.3. The molecule has 2 heterocycles. The lowest BCUT2D eigenvalue weighted by atomic mass is 10.1. The number of anilines is 1. The maximum absolute atomic E-state index is 11.3. The number of sulfonamides is 1. The summed E-state index contributed by atoms with van der Waals surface area (Å²) in [5, 5.41) is 13.0. The lowest BCUT2D eigenvalue weighted by molar-refractivity contribution is 0.598. The molecule has 0 aliphatic rings. The van der Waals surface area contributed by atoms with E-state index in [0.29, 0.717) is 12.4 Å². The summed E-state index contributed by atoms with van der Waals surface area (Å²) in [7, 11) is -3.68. The van der Waals surface area contributed by atoms with Crippen LogP contribution in [-0.4, -0.2) is 23.0 Å². The summed E-state index contributed by atoms with van der Waals surface area (Å²) in [6.45, 7) is 2.55. The number of imidazole rings is 1. The molecule has 2 aromatic heterocycles. The number of aryl methyl sites for hydroxylation is 1. The smallest absolute Gasteiger partial charge is 0.238 e. The molecule has 142 valence electrons. The van der Waals surface area contributed by atoms with E-state index in [0.717, 1.165) is 22.5 Å². The van der Waals surface area contributed by atoms with Crippen molar-refractivity contribution in [2.45, 2.75) is 18.4 Å². The highest BCUT2D eigenvalue weighted by Gasteiger charge is 2.09. The highest BCUT2D eigenvalue weighted by Crippen LogP contribution is 2.21. The van der Waals surface area contributed by atoms with Gasteiger partial charge in [0, 0.05) is 12.1 Å². The molecule has 0 saturated heterocycles. The van der Waals surface area contributed by atoms with Crippen molar-refractivity contribution in [2.24, 2.45) is 5.14 Å². The minimum Gasteiger partial charge on any atom is -0.365 e. The third-order valence-electron chi connectivity index (χ3n) is 4.44. The van der Waals surface area contributed by atoms with Gasteiger partial charge in [-0.15, -0.1) is 5.10 Å². The van der Waals surface area contributed by atoms with E-state index in [1.54, 1.807) is 16.6 Å². The van der Waals surface area contributed by atoms with Gasteiger partial charge in [-0.1, -0.05) is 42.0 Å². The first kappa shape index (κ1) is 18.1. The van der Waals surface area contributed by atoms with Crippen molar-refractivity contribution in [3.8, 4) is 11.3 Å². The summed E-state index contributed by atoms with van der Waals surface area (Å²) in [5.41, 5.74) is 4.83. The average molecular weight is 393 g/mol. The van der Waals surface area contributed by atoms with Crippen LogP contribution in [0.1, 0.15) is 11.1 Å². The SMILES string of the molecule is Cc1ccc(-c2cnc3ccc(NCc4ccc(S(N)(=O)=O)cc4)nn23)cc1. The zero-order valence-corrected chi connectivity index (χ0v) is 16.0. The zero-order valence-electron chi connectivity index (χ0n) is 15.2. The Morgan fingerprint density at radius 1 is 1.00 bits per heavy atom. The van der Waals surface area contributed by atoms with Crippen LogP contribution in [0, 0.1) is 6.92 Å². The highest BCUT2D eigenvalue weighted by molar-refractivity contribution is 7.89. The molecule has 0 saturated carbocycles. The second-order valence-corrected chi connectivity index (χ2v) is 8.10. The van der Waals surface area contributed by atoms with E-state index < -0.39 is 10.0 Å². The Balaban J connectivity index is 1.56. The third-order valence-corrected chi connectivity index (χ3v) is 5.36. The van der Waals surface area contributed by atoms with Crippen LogP contribution in [0.3, 0.4) is 0 Å². The van der Waals surface area contributed by atoms with E-state index in [2.05, 4.69) is 27.5 Å². The van der Waals surface area contributed by atoms with Crippen molar-refractivity contribution >= 4 is 21.5 Å². The first-order valence-corrected chi connectivity index (χ1v) is 10.2. The molecule has 0 fully saturated rings. The van der Waals surface area contributed by atoms with Crippen molar-refractivity contribution in [3.05, 3.63) is 78.0 Å². The Morgan fingerprint density at radius 2 is 1.71 bits per heavy atom. The average Bonchev–Trinajstić information content (AvgIpc) is 3.10. The quantitative estimate of drug-likeness (QED) is 0.543. The maximum Gasteiger partial charge on any atom is 0.238 e. The second kappa shape index (κ2) is 7.06. The summed E-state index contributed by atoms with van der Waals surface area (Å²) in [5.74, 6) is 0.689. The van der Waals surface area contributed by atoms with Crippen LogP contribution in [0.15, 0.2) is 71.8 Å². The molecule has 0 radical (unpaired) electrons. The van der Waals surface area contributed by atoms with Gasteiger partial charge >= 0.3 is 0 Å². The molecule has 0 aliphatic heterocycles. The second-order valence-electron chi connectivity index (χ2n) is 6.54. The Labute approximate surface area is 162 Å². The first-order chi connectivity index (χ1) is 13.4. The summed E-state index contributed by atoms with van der Waals surface area (Å²) in [6.07, 6.45) is 1.81. The monoisotopic (exact) mass is 393 g/mol. The standard InChI is InChI=1S/C20H19N5O2S/c1-14-2-6-16(7-3-14)18-13-23-20-11-10-19(24-25(18)20)22-12-15-4-8-17(9-5-15)28(21,26)27/h2-11,13H,12H2,1H3,(H,22,24)(H2,21,26,27). The zero-order chi connectivity index (χ0) is 19.7. The number of nitrogens with two attached hydrogens (primary N) is 1. The minimum absolute atomic E-state index is 0.0944. The molecule has 3 N–H and O–H groups in total. The van der Waals surface area contributed by atoms with Gasteiger partial charge in [0.25, 0.3) is 0 Å². The van der Waals surface area contributed by atoms with Gasteiger partial charge in [-0.2, -0.15) is 0 Å². The topological polar surface area (TPSA) is 102 Å². The molecule has 8 heteroatoms. The number of hydrogen-bond acceptors (Lipinski definition) is 5. The number of nitrogens with zero attached hydrogens (tertiary/aromatic N) is 3. The Hall–Kier alpha value is -3.23. The molecule has 0 amide bonds. The Morgan fingerprint density at radius 3 is 2.39 bits per heavy atom. The molecule has 4 aromatic rings. The van der Waals surface area contributed by atoms with Crippen molar-refractivity contribution in [1.82, 2.24) is 14.6 Å². The number of nitrogens with one attached hydrogen (secondary N) is 1. The summed E-state index contributed by atoms with van der Waals surface area (Å²) < 4.78 is 24.5. The van der Waals surface area contributed by atoms with Crippen LogP contribution in [-0.2, 0) is 16.6 Å². The molecule has 7 nitrogen and oxygen atoms in total. The molecular weight excluding hydrogens is 374 g/mol. The molecule has 2 aromatic carbocycles. The van der Waals surface area contributed by atoms with Crippen LogP contribution >= 0.6 is 0 Å². The van der Waals surface area contributed by atoms with Gasteiger partial charge in [0.15, 0.2) is 5.65 Å². The van der Waals surface area contributed by atoms with E-state index in [-0.39, 0.29) is 4.90 Å². The van der Waals surface area contributed by atoms with Gasteiger partial charge in [0.2, 0.25) is 10.0 Å².